The standard InChI is InChI=1S/C27H31ClN2O4/c1-2-3-13-30-24(19-7-6-8-20(28)18-19)23(21-9-4-5-10-22(21)25(30)31)26(32)29-14-11-27(12-15-29)33-16-17-34-27/h4-10,18,23-24H,2-3,11-17H2,1H3/t23-,24-/m1/s1. The van der Waals surface area contributed by atoms with Crippen molar-refractivity contribution >= 4 is 23.4 Å². The Morgan fingerprint density at radius 1 is 1.09 bits per heavy atom. The van der Waals surface area contributed by atoms with Gasteiger partial charge in [-0.25, -0.2) is 0 Å². The van der Waals surface area contributed by atoms with Gasteiger partial charge in [-0.3, -0.25) is 9.59 Å². The number of piperidine rings is 1. The summed E-state index contributed by atoms with van der Waals surface area (Å²) in [5.41, 5.74) is 2.30. The van der Waals surface area contributed by atoms with Gasteiger partial charge in [-0.2, -0.15) is 0 Å². The highest BCUT2D eigenvalue weighted by molar-refractivity contribution is 6.30. The molecule has 0 unspecified atom stereocenters. The molecule has 2 aromatic carbocycles. The van der Waals surface area contributed by atoms with E-state index in [1.54, 1.807) is 0 Å². The lowest BCUT2D eigenvalue weighted by atomic mass is 9.78. The van der Waals surface area contributed by atoms with Crippen LogP contribution in [0.1, 0.15) is 66.1 Å². The van der Waals surface area contributed by atoms with Crippen LogP contribution in [0.5, 0.6) is 0 Å². The van der Waals surface area contributed by atoms with E-state index in [-0.39, 0.29) is 11.8 Å². The summed E-state index contributed by atoms with van der Waals surface area (Å²) in [6, 6.07) is 14.7. The van der Waals surface area contributed by atoms with Crippen molar-refractivity contribution in [2.75, 3.05) is 32.8 Å². The van der Waals surface area contributed by atoms with Crippen LogP contribution >= 0.6 is 11.6 Å². The summed E-state index contributed by atoms with van der Waals surface area (Å²) in [6.07, 6.45) is 3.15. The lowest BCUT2D eigenvalue weighted by molar-refractivity contribution is -0.188. The van der Waals surface area contributed by atoms with Gasteiger partial charge in [0.25, 0.3) is 5.91 Å². The predicted octanol–water partition coefficient (Wildman–Crippen LogP) is 4.79. The molecule has 3 aliphatic rings. The number of hydrogen-bond donors (Lipinski definition) is 0. The largest absolute Gasteiger partial charge is 0.347 e. The van der Waals surface area contributed by atoms with Crippen LogP contribution in [0.15, 0.2) is 48.5 Å². The first kappa shape index (κ1) is 23.3. The number of carbonyl (C=O) groups excluding carboxylic acids is 2. The molecular weight excluding hydrogens is 452 g/mol. The Labute approximate surface area is 205 Å². The molecule has 0 aliphatic carbocycles. The molecule has 3 heterocycles. The fourth-order valence-corrected chi connectivity index (χ4v) is 5.74. The minimum absolute atomic E-state index is 0.0246. The van der Waals surface area contributed by atoms with Crippen LogP contribution in [0.3, 0.4) is 0 Å². The molecule has 1 spiro atoms. The third-order valence-electron chi connectivity index (χ3n) is 7.30. The van der Waals surface area contributed by atoms with Crippen LogP contribution in [0.2, 0.25) is 5.02 Å². The van der Waals surface area contributed by atoms with Crippen molar-refractivity contribution in [1.82, 2.24) is 9.80 Å². The maximum absolute atomic E-state index is 14.2. The second-order valence-corrected chi connectivity index (χ2v) is 9.79. The molecule has 2 atom stereocenters. The van der Waals surface area contributed by atoms with E-state index in [0.717, 1.165) is 24.0 Å². The van der Waals surface area contributed by atoms with E-state index in [0.29, 0.717) is 56.3 Å². The third kappa shape index (κ3) is 4.23. The monoisotopic (exact) mass is 482 g/mol. The average molecular weight is 483 g/mol. The zero-order valence-corrected chi connectivity index (χ0v) is 20.3. The van der Waals surface area contributed by atoms with E-state index in [1.165, 1.54) is 0 Å². The van der Waals surface area contributed by atoms with Gasteiger partial charge in [-0.1, -0.05) is 55.3 Å². The molecule has 180 valence electrons. The number of halogens is 1. The van der Waals surface area contributed by atoms with Crippen molar-refractivity contribution in [1.29, 1.82) is 0 Å². The molecule has 2 amide bonds. The maximum atomic E-state index is 14.2. The summed E-state index contributed by atoms with van der Waals surface area (Å²) in [5, 5.41) is 0.598. The lowest BCUT2D eigenvalue weighted by Gasteiger charge is -2.45. The molecule has 2 aromatic rings. The molecule has 6 nitrogen and oxygen atoms in total. The number of fused-ring (bicyclic) bond motifs is 1. The first-order valence-electron chi connectivity index (χ1n) is 12.2. The van der Waals surface area contributed by atoms with Gasteiger partial charge in [0.1, 0.15) is 0 Å². The van der Waals surface area contributed by atoms with Gasteiger partial charge >= 0.3 is 0 Å². The molecular formula is C27H31ClN2O4. The van der Waals surface area contributed by atoms with Crippen molar-refractivity contribution in [3.05, 3.63) is 70.2 Å². The number of benzene rings is 2. The van der Waals surface area contributed by atoms with Gasteiger partial charge in [0.15, 0.2) is 5.79 Å². The van der Waals surface area contributed by atoms with Gasteiger partial charge in [0, 0.05) is 43.1 Å². The number of carbonyl (C=O) groups is 2. The van der Waals surface area contributed by atoms with Crippen molar-refractivity contribution in [2.24, 2.45) is 0 Å². The van der Waals surface area contributed by atoms with Gasteiger partial charge in [-0.15, -0.1) is 0 Å². The van der Waals surface area contributed by atoms with Gasteiger partial charge in [0.05, 0.1) is 25.2 Å². The number of unbranched alkanes of at least 4 members (excludes halogenated alkanes) is 1. The Morgan fingerprint density at radius 3 is 2.53 bits per heavy atom. The van der Waals surface area contributed by atoms with Crippen LogP contribution in [0.25, 0.3) is 0 Å². The van der Waals surface area contributed by atoms with Gasteiger partial charge in [0.2, 0.25) is 5.91 Å². The second kappa shape index (κ2) is 9.68. The molecule has 2 fully saturated rings. The number of nitrogens with zero attached hydrogens (tertiary/aromatic N) is 2. The van der Waals surface area contributed by atoms with Crippen LogP contribution < -0.4 is 0 Å². The van der Waals surface area contributed by atoms with Gasteiger partial charge in [-0.05, 0) is 35.7 Å². The maximum Gasteiger partial charge on any atom is 0.254 e. The first-order chi connectivity index (χ1) is 16.5. The Kier molecular flexibility index (Phi) is 6.65. The Bertz CT molecular complexity index is 1060. The summed E-state index contributed by atoms with van der Waals surface area (Å²) in [7, 11) is 0. The molecule has 0 aromatic heterocycles. The number of amides is 2. The topological polar surface area (TPSA) is 59.1 Å². The fourth-order valence-electron chi connectivity index (χ4n) is 5.54. The van der Waals surface area contributed by atoms with Gasteiger partial charge < -0.3 is 19.3 Å². The zero-order valence-electron chi connectivity index (χ0n) is 19.5. The minimum Gasteiger partial charge on any atom is -0.347 e. The fraction of sp³-hybridized carbons (Fsp3) is 0.481. The molecule has 0 saturated carbocycles. The highest BCUT2D eigenvalue weighted by atomic mass is 35.5. The smallest absolute Gasteiger partial charge is 0.254 e. The Morgan fingerprint density at radius 2 is 1.82 bits per heavy atom. The van der Waals surface area contributed by atoms with E-state index in [4.69, 9.17) is 21.1 Å². The predicted molar refractivity (Wildman–Crippen MR) is 130 cm³/mol. The average Bonchev–Trinajstić information content (AvgIpc) is 3.31. The van der Waals surface area contributed by atoms with Crippen LogP contribution in [-0.4, -0.2) is 60.2 Å². The number of ether oxygens (including phenoxy) is 2. The summed E-state index contributed by atoms with van der Waals surface area (Å²) in [6.45, 7) is 5.06. The van der Waals surface area contributed by atoms with E-state index >= 15 is 0 Å². The molecule has 3 aliphatic heterocycles. The highest BCUT2D eigenvalue weighted by Gasteiger charge is 2.47. The molecule has 7 heteroatoms. The Hall–Kier alpha value is -2.41. The van der Waals surface area contributed by atoms with Crippen LogP contribution in [0, 0.1) is 0 Å². The van der Waals surface area contributed by atoms with E-state index < -0.39 is 17.7 Å². The molecule has 0 bridgehead atoms. The summed E-state index contributed by atoms with van der Waals surface area (Å²) < 4.78 is 11.7. The number of rotatable bonds is 5. The van der Waals surface area contributed by atoms with E-state index in [1.807, 2.05) is 58.3 Å². The number of likely N-dealkylation sites (tertiary alicyclic amines) is 1. The highest BCUT2D eigenvalue weighted by Crippen LogP contribution is 2.45. The van der Waals surface area contributed by atoms with Crippen molar-refractivity contribution < 1.29 is 19.1 Å². The summed E-state index contributed by atoms with van der Waals surface area (Å²) in [5.74, 6) is -1.03. The second-order valence-electron chi connectivity index (χ2n) is 9.35. The van der Waals surface area contributed by atoms with E-state index in [9.17, 15) is 9.59 Å². The molecule has 34 heavy (non-hydrogen) atoms. The van der Waals surface area contributed by atoms with Crippen LogP contribution in [0.4, 0.5) is 0 Å². The normalized spacial score (nSPS) is 23.9. The summed E-state index contributed by atoms with van der Waals surface area (Å²) >= 11 is 6.37. The minimum atomic E-state index is -0.545. The Balaban J connectivity index is 1.54. The van der Waals surface area contributed by atoms with Crippen LogP contribution in [-0.2, 0) is 14.3 Å². The zero-order chi connectivity index (χ0) is 23.7. The van der Waals surface area contributed by atoms with E-state index in [2.05, 4.69) is 6.92 Å². The molecule has 5 rings (SSSR count). The first-order valence-corrected chi connectivity index (χ1v) is 12.6. The van der Waals surface area contributed by atoms with Crippen molar-refractivity contribution in [2.45, 2.75) is 50.4 Å². The molecule has 0 N–H and O–H groups in total. The lowest BCUT2D eigenvalue weighted by Crippen LogP contribution is -2.52. The van der Waals surface area contributed by atoms with Crippen molar-refractivity contribution in [3.63, 3.8) is 0 Å². The molecule has 0 radical (unpaired) electrons. The number of hydrogen-bond acceptors (Lipinski definition) is 4. The molecule has 2 saturated heterocycles. The summed E-state index contributed by atoms with van der Waals surface area (Å²) in [4.78, 5) is 31.6. The third-order valence-corrected chi connectivity index (χ3v) is 7.53. The SMILES string of the molecule is CCCCN1C(=O)c2ccccc2[C@@H](C(=O)N2CCC3(CC2)OCCO3)[C@H]1c1cccc(Cl)c1. The quantitative estimate of drug-likeness (QED) is 0.615. The van der Waals surface area contributed by atoms with Crippen molar-refractivity contribution in [3.8, 4) is 0 Å².